The Morgan fingerprint density at radius 3 is 1.20 bits per heavy atom. The molecule has 234 valence electrons. The van der Waals surface area contributed by atoms with Gasteiger partial charge >= 0.3 is 0 Å². The molecule has 10 rings (SSSR count). The highest BCUT2D eigenvalue weighted by atomic mass is 16.3. The van der Waals surface area contributed by atoms with Crippen LogP contribution < -0.4 is 0 Å². The minimum atomic E-state index is 0.594. The molecule has 3 heterocycles. The van der Waals surface area contributed by atoms with Gasteiger partial charge in [0.1, 0.15) is 22.3 Å². The number of hydrogen-bond acceptors (Lipinski definition) is 5. The standard InChI is InChI=1S/C45H27N3O2/c1-3-11-28(12-4-1)43-46-44(29-13-5-2-6-14-29)48-45(47-43)32-21-24-38-37-23-20-31(26-41(37)50-42(38)27-32)34-16-8-7-15-33(34)30-19-22-36-35-17-9-10-18-39(35)49-40(36)25-30/h1-27H. The Balaban J connectivity index is 1.06. The number of nitrogens with zero attached hydrogens (tertiary/aromatic N) is 3. The van der Waals surface area contributed by atoms with Crippen molar-refractivity contribution in [3.8, 4) is 56.4 Å². The van der Waals surface area contributed by atoms with Crippen molar-refractivity contribution in [2.24, 2.45) is 0 Å². The first kappa shape index (κ1) is 28.2. The monoisotopic (exact) mass is 641 g/mol. The van der Waals surface area contributed by atoms with Crippen LogP contribution in [0.4, 0.5) is 0 Å². The zero-order chi connectivity index (χ0) is 33.0. The maximum Gasteiger partial charge on any atom is 0.164 e. The fourth-order valence-corrected chi connectivity index (χ4v) is 6.90. The number of benzene rings is 7. The van der Waals surface area contributed by atoms with Gasteiger partial charge in [0.25, 0.3) is 0 Å². The van der Waals surface area contributed by atoms with Gasteiger partial charge in [-0.3, -0.25) is 0 Å². The summed E-state index contributed by atoms with van der Waals surface area (Å²) in [5.74, 6) is 1.85. The zero-order valence-corrected chi connectivity index (χ0v) is 26.7. The van der Waals surface area contributed by atoms with Gasteiger partial charge in [-0.15, -0.1) is 0 Å². The number of fused-ring (bicyclic) bond motifs is 6. The van der Waals surface area contributed by atoms with Crippen molar-refractivity contribution in [1.29, 1.82) is 0 Å². The third-order valence-corrected chi connectivity index (χ3v) is 9.36. The predicted octanol–water partition coefficient (Wildman–Crippen LogP) is 12.0. The maximum atomic E-state index is 6.56. The second-order valence-electron chi connectivity index (χ2n) is 12.4. The molecule has 0 aliphatic rings. The largest absolute Gasteiger partial charge is 0.456 e. The summed E-state index contributed by atoms with van der Waals surface area (Å²) in [6.07, 6.45) is 0. The van der Waals surface area contributed by atoms with E-state index in [9.17, 15) is 0 Å². The lowest BCUT2D eigenvalue weighted by molar-refractivity contribution is 0.668. The summed E-state index contributed by atoms with van der Waals surface area (Å²) in [4.78, 5) is 14.7. The van der Waals surface area contributed by atoms with Crippen molar-refractivity contribution < 1.29 is 8.83 Å². The van der Waals surface area contributed by atoms with Crippen molar-refractivity contribution in [2.45, 2.75) is 0 Å². The SMILES string of the molecule is c1ccc(-c2nc(-c3ccccc3)nc(-c3ccc4c(c3)oc3cc(-c5ccccc5-c5ccc6c(c5)oc5ccccc56)ccc34)n2)cc1. The Bertz CT molecular complexity index is 2810. The van der Waals surface area contributed by atoms with Crippen LogP contribution in [-0.4, -0.2) is 15.0 Å². The summed E-state index contributed by atoms with van der Waals surface area (Å²) < 4.78 is 12.8. The molecular formula is C45H27N3O2. The van der Waals surface area contributed by atoms with Gasteiger partial charge in [0.2, 0.25) is 0 Å². The lowest BCUT2D eigenvalue weighted by Gasteiger charge is -2.10. The van der Waals surface area contributed by atoms with Gasteiger partial charge in [0.15, 0.2) is 17.5 Å². The highest BCUT2D eigenvalue weighted by molar-refractivity contribution is 6.08. The Hall–Kier alpha value is -6.85. The molecule has 5 heteroatoms. The second-order valence-corrected chi connectivity index (χ2v) is 12.4. The molecule has 0 saturated heterocycles. The Labute approximate surface area is 287 Å². The summed E-state index contributed by atoms with van der Waals surface area (Å²) in [5.41, 5.74) is 10.5. The van der Waals surface area contributed by atoms with Crippen LogP contribution in [0, 0.1) is 0 Å². The van der Waals surface area contributed by atoms with Crippen molar-refractivity contribution >= 4 is 43.9 Å². The Kier molecular flexibility index (Phi) is 6.42. The number of aromatic nitrogens is 3. The quantitative estimate of drug-likeness (QED) is 0.187. The van der Waals surface area contributed by atoms with Crippen LogP contribution in [0.2, 0.25) is 0 Å². The second kappa shape index (κ2) is 11.4. The van der Waals surface area contributed by atoms with E-state index in [0.717, 1.165) is 82.8 Å². The van der Waals surface area contributed by atoms with E-state index in [1.54, 1.807) is 0 Å². The average molecular weight is 642 g/mol. The topological polar surface area (TPSA) is 65.0 Å². The van der Waals surface area contributed by atoms with E-state index in [2.05, 4.69) is 78.9 Å². The van der Waals surface area contributed by atoms with E-state index in [1.807, 2.05) is 84.9 Å². The first-order valence-corrected chi connectivity index (χ1v) is 16.6. The summed E-state index contributed by atoms with van der Waals surface area (Å²) in [7, 11) is 0. The molecule has 0 saturated carbocycles. The smallest absolute Gasteiger partial charge is 0.164 e. The molecule has 0 radical (unpaired) electrons. The lowest BCUT2D eigenvalue weighted by Crippen LogP contribution is -2.00. The first-order chi connectivity index (χ1) is 24.7. The summed E-state index contributed by atoms with van der Waals surface area (Å²) >= 11 is 0. The molecule has 0 spiro atoms. The van der Waals surface area contributed by atoms with Gasteiger partial charge < -0.3 is 8.83 Å². The lowest BCUT2D eigenvalue weighted by atomic mass is 9.93. The van der Waals surface area contributed by atoms with E-state index in [1.165, 1.54) is 0 Å². The van der Waals surface area contributed by atoms with Crippen molar-refractivity contribution in [2.75, 3.05) is 0 Å². The molecule has 50 heavy (non-hydrogen) atoms. The van der Waals surface area contributed by atoms with Gasteiger partial charge in [0, 0.05) is 38.2 Å². The highest BCUT2D eigenvalue weighted by Gasteiger charge is 2.16. The molecule has 0 fully saturated rings. The van der Waals surface area contributed by atoms with Crippen LogP contribution in [0.25, 0.3) is 100 Å². The summed E-state index contributed by atoms with van der Waals surface area (Å²) in [5, 5.41) is 4.35. The van der Waals surface area contributed by atoms with Crippen molar-refractivity contribution in [3.05, 3.63) is 164 Å². The first-order valence-electron chi connectivity index (χ1n) is 16.6. The molecule has 3 aromatic heterocycles. The fourth-order valence-electron chi connectivity index (χ4n) is 6.90. The number of hydrogen-bond donors (Lipinski definition) is 0. The van der Waals surface area contributed by atoms with E-state index in [4.69, 9.17) is 23.8 Å². The minimum Gasteiger partial charge on any atom is -0.456 e. The number of furan rings is 2. The third-order valence-electron chi connectivity index (χ3n) is 9.36. The molecule has 0 unspecified atom stereocenters. The van der Waals surface area contributed by atoms with Crippen molar-refractivity contribution in [3.63, 3.8) is 0 Å². The Morgan fingerprint density at radius 1 is 0.280 bits per heavy atom. The van der Waals surface area contributed by atoms with Crippen molar-refractivity contribution in [1.82, 2.24) is 15.0 Å². The molecule has 0 amide bonds. The number of para-hydroxylation sites is 1. The third kappa shape index (κ3) is 4.75. The average Bonchev–Trinajstić information content (AvgIpc) is 3.75. The molecule has 0 aliphatic heterocycles. The highest BCUT2D eigenvalue weighted by Crippen LogP contribution is 2.39. The van der Waals surface area contributed by atoms with Gasteiger partial charge in [0.05, 0.1) is 0 Å². The van der Waals surface area contributed by atoms with Gasteiger partial charge in [-0.1, -0.05) is 121 Å². The van der Waals surface area contributed by atoms with Crippen LogP contribution in [0.15, 0.2) is 173 Å². The zero-order valence-electron chi connectivity index (χ0n) is 26.7. The minimum absolute atomic E-state index is 0.594. The molecular weight excluding hydrogens is 615 g/mol. The van der Waals surface area contributed by atoms with E-state index < -0.39 is 0 Å². The van der Waals surface area contributed by atoms with Crippen LogP contribution in [-0.2, 0) is 0 Å². The van der Waals surface area contributed by atoms with Gasteiger partial charge in [-0.25, -0.2) is 15.0 Å². The predicted molar refractivity (Wildman–Crippen MR) is 202 cm³/mol. The molecule has 0 N–H and O–H groups in total. The normalized spacial score (nSPS) is 11.6. The van der Waals surface area contributed by atoms with E-state index >= 15 is 0 Å². The fraction of sp³-hybridized carbons (Fsp3) is 0. The maximum absolute atomic E-state index is 6.56. The van der Waals surface area contributed by atoms with Crippen LogP contribution in [0.5, 0.6) is 0 Å². The molecule has 10 aromatic rings. The summed E-state index contributed by atoms with van der Waals surface area (Å²) in [6.45, 7) is 0. The molecule has 5 nitrogen and oxygen atoms in total. The van der Waals surface area contributed by atoms with E-state index in [-0.39, 0.29) is 0 Å². The molecule has 0 bridgehead atoms. The molecule has 0 atom stereocenters. The number of rotatable bonds is 5. The van der Waals surface area contributed by atoms with E-state index in [0.29, 0.717) is 17.5 Å². The van der Waals surface area contributed by atoms with Gasteiger partial charge in [-0.05, 0) is 64.7 Å². The van der Waals surface area contributed by atoms with Crippen LogP contribution in [0.3, 0.4) is 0 Å². The van der Waals surface area contributed by atoms with Crippen LogP contribution >= 0.6 is 0 Å². The van der Waals surface area contributed by atoms with Gasteiger partial charge in [-0.2, -0.15) is 0 Å². The molecule has 0 aliphatic carbocycles. The molecule has 7 aromatic carbocycles. The van der Waals surface area contributed by atoms with Crippen LogP contribution in [0.1, 0.15) is 0 Å². The Morgan fingerprint density at radius 2 is 0.660 bits per heavy atom. The summed E-state index contributed by atoms with van der Waals surface area (Å²) in [6, 6.07) is 55.8.